The molecule has 1 saturated heterocycles. The fourth-order valence-corrected chi connectivity index (χ4v) is 3.33. The van der Waals surface area contributed by atoms with E-state index in [1.807, 2.05) is 0 Å². The Hall–Kier alpha value is -2.00. The summed E-state index contributed by atoms with van der Waals surface area (Å²) >= 11 is 0. The molecule has 0 spiro atoms. The minimum Gasteiger partial charge on any atom is -0.398 e. The van der Waals surface area contributed by atoms with Gasteiger partial charge in [0.15, 0.2) is 6.29 Å². The van der Waals surface area contributed by atoms with Crippen LogP contribution in [0.3, 0.4) is 0 Å². The van der Waals surface area contributed by atoms with E-state index in [0.717, 1.165) is 16.7 Å². The van der Waals surface area contributed by atoms with Gasteiger partial charge in [-0.2, -0.15) is 0 Å². The Morgan fingerprint density at radius 3 is 2.59 bits per heavy atom. The molecule has 1 heterocycles. The lowest BCUT2D eigenvalue weighted by atomic mass is 9.95. The number of methoxy groups -OCH3 is 1. The smallest absolute Gasteiger partial charge is 0.174 e. The van der Waals surface area contributed by atoms with Gasteiger partial charge in [0, 0.05) is 30.2 Å². The van der Waals surface area contributed by atoms with Crippen LogP contribution in [0.1, 0.15) is 55.0 Å². The molecule has 1 aliphatic heterocycles. The number of benzene rings is 1. The summed E-state index contributed by atoms with van der Waals surface area (Å²) in [6, 6.07) is 4.27. The Labute approximate surface area is 175 Å². The molecule has 0 aromatic heterocycles. The summed E-state index contributed by atoms with van der Waals surface area (Å²) in [6.45, 7) is 10.4. The van der Waals surface area contributed by atoms with Crippen LogP contribution in [0.4, 0.5) is 0 Å². The maximum atomic E-state index is 6.36. The fraction of sp³-hybridized carbons (Fsp3) is 0.583. The minimum absolute atomic E-state index is 0.0651. The zero-order valence-electron chi connectivity index (χ0n) is 18.3. The van der Waals surface area contributed by atoms with Crippen molar-refractivity contribution in [2.24, 2.45) is 17.1 Å². The molecular weight excluding hydrogens is 364 g/mol. The molecule has 29 heavy (non-hydrogen) atoms. The van der Waals surface area contributed by atoms with E-state index in [2.05, 4.69) is 57.0 Å². The Balaban J connectivity index is 1.67. The van der Waals surface area contributed by atoms with Crippen molar-refractivity contribution in [3.8, 4) is 11.8 Å². The molecule has 1 aliphatic carbocycles. The van der Waals surface area contributed by atoms with E-state index in [0.29, 0.717) is 31.4 Å². The van der Waals surface area contributed by atoms with Gasteiger partial charge in [-0.25, -0.2) is 0 Å². The van der Waals surface area contributed by atoms with E-state index in [1.165, 1.54) is 18.4 Å². The summed E-state index contributed by atoms with van der Waals surface area (Å²) in [4.78, 5) is 0. The molecule has 3 N–H and O–H groups in total. The zero-order chi connectivity index (χ0) is 21.0. The van der Waals surface area contributed by atoms with Gasteiger partial charge in [-0.1, -0.05) is 31.8 Å². The van der Waals surface area contributed by atoms with Gasteiger partial charge in [-0.15, -0.1) is 0 Å². The summed E-state index contributed by atoms with van der Waals surface area (Å²) in [7, 11) is 1.68. The number of hydrogen-bond donors (Lipinski definition) is 2. The van der Waals surface area contributed by atoms with Crippen molar-refractivity contribution in [2.75, 3.05) is 26.9 Å². The van der Waals surface area contributed by atoms with E-state index < -0.39 is 0 Å². The van der Waals surface area contributed by atoms with Crippen molar-refractivity contribution < 1.29 is 14.2 Å². The lowest BCUT2D eigenvalue weighted by molar-refractivity contribution is -0.217. The van der Waals surface area contributed by atoms with Crippen molar-refractivity contribution in [2.45, 2.75) is 52.9 Å². The Morgan fingerprint density at radius 2 is 1.97 bits per heavy atom. The van der Waals surface area contributed by atoms with Crippen molar-refractivity contribution in [1.82, 2.24) is 5.32 Å². The number of nitrogens with one attached hydrogen (secondary N) is 1. The largest absolute Gasteiger partial charge is 0.398 e. The molecule has 0 radical (unpaired) electrons. The van der Waals surface area contributed by atoms with E-state index in [9.17, 15) is 0 Å². The van der Waals surface area contributed by atoms with E-state index in [-0.39, 0.29) is 17.8 Å². The van der Waals surface area contributed by atoms with Crippen molar-refractivity contribution >= 4 is 0 Å². The predicted molar refractivity (Wildman–Crippen MR) is 115 cm³/mol. The van der Waals surface area contributed by atoms with Crippen LogP contribution in [0, 0.1) is 37.0 Å². The highest BCUT2D eigenvalue weighted by Crippen LogP contribution is 2.30. The number of rotatable bonds is 6. The number of hydrogen-bond acceptors (Lipinski definition) is 5. The third-order valence-corrected chi connectivity index (χ3v) is 5.30. The standard InChI is InChI=1S/C24H34N2O3/c1-16-10-17(2)20(11-19(16)9-8-18-6-7-18)23(27-5)21(25)12-26-13-22-28-14-24(3,4)15-29-22/h10-12,18,22-23,26H,6-7,13-15,25H2,1-5H3/b21-12-. The Kier molecular flexibility index (Phi) is 6.89. The summed E-state index contributed by atoms with van der Waals surface area (Å²) in [5.74, 6) is 7.26. The number of aryl methyl sites for hydroxylation is 2. The van der Waals surface area contributed by atoms with Gasteiger partial charge in [-0.05, 0) is 49.4 Å². The highest BCUT2D eigenvalue weighted by molar-refractivity contribution is 5.48. The van der Waals surface area contributed by atoms with Gasteiger partial charge in [0.05, 0.1) is 25.5 Å². The fourth-order valence-electron chi connectivity index (χ4n) is 3.33. The summed E-state index contributed by atoms with van der Waals surface area (Å²) in [5.41, 5.74) is 11.5. The quantitative estimate of drug-likeness (QED) is 0.718. The minimum atomic E-state index is -0.336. The second-order valence-electron chi connectivity index (χ2n) is 8.95. The molecule has 1 aromatic carbocycles. The SMILES string of the molecule is COC(/C(N)=C/NCC1OCC(C)(C)CO1)c1cc(C#CC2CC2)c(C)cc1C. The number of ether oxygens (including phenoxy) is 3. The van der Waals surface area contributed by atoms with Gasteiger partial charge in [0.2, 0.25) is 0 Å². The molecule has 1 atom stereocenters. The molecule has 158 valence electrons. The van der Waals surface area contributed by atoms with Crippen LogP contribution in [0.5, 0.6) is 0 Å². The zero-order valence-corrected chi connectivity index (χ0v) is 18.3. The maximum absolute atomic E-state index is 6.36. The van der Waals surface area contributed by atoms with Gasteiger partial charge in [-0.3, -0.25) is 0 Å². The van der Waals surface area contributed by atoms with Crippen LogP contribution in [0.2, 0.25) is 0 Å². The molecule has 5 heteroatoms. The van der Waals surface area contributed by atoms with Crippen molar-refractivity contribution in [3.05, 3.63) is 46.3 Å². The van der Waals surface area contributed by atoms with Crippen LogP contribution in [-0.4, -0.2) is 33.2 Å². The molecule has 5 nitrogen and oxygen atoms in total. The monoisotopic (exact) mass is 398 g/mol. The van der Waals surface area contributed by atoms with Crippen LogP contribution in [0.15, 0.2) is 24.0 Å². The van der Waals surface area contributed by atoms with Crippen molar-refractivity contribution in [3.63, 3.8) is 0 Å². The molecule has 1 unspecified atom stereocenters. The van der Waals surface area contributed by atoms with Crippen molar-refractivity contribution in [1.29, 1.82) is 0 Å². The average molecular weight is 399 g/mol. The van der Waals surface area contributed by atoms with E-state index >= 15 is 0 Å². The number of nitrogens with two attached hydrogens (primary N) is 1. The molecule has 0 amide bonds. The third kappa shape index (κ3) is 5.99. The highest BCUT2D eigenvalue weighted by atomic mass is 16.7. The first-order valence-electron chi connectivity index (χ1n) is 10.4. The normalized spacial score (nSPS) is 20.7. The van der Waals surface area contributed by atoms with Gasteiger partial charge >= 0.3 is 0 Å². The average Bonchev–Trinajstić information content (AvgIpc) is 3.49. The first kappa shape index (κ1) is 21.7. The Morgan fingerprint density at radius 1 is 1.28 bits per heavy atom. The summed E-state index contributed by atoms with van der Waals surface area (Å²) < 4.78 is 17.2. The molecular formula is C24H34N2O3. The summed E-state index contributed by atoms with van der Waals surface area (Å²) in [6.07, 6.45) is 3.63. The molecule has 2 aliphatic rings. The lowest BCUT2D eigenvalue weighted by Crippen LogP contribution is -2.41. The van der Waals surface area contributed by atoms with Gasteiger partial charge < -0.3 is 25.3 Å². The lowest BCUT2D eigenvalue weighted by Gasteiger charge is -2.34. The van der Waals surface area contributed by atoms with E-state index in [4.69, 9.17) is 19.9 Å². The predicted octanol–water partition coefficient (Wildman–Crippen LogP) is 3.54. The second kappa shape index (κ2) is 9.21. The molecule has 0 bridgehead atoms. The molecule has 1 saturated carbocycles. The molecule has 3 rings (SSSR count). The second-order valence-corrected chi connectivity index (χ2v) is 8.95. The summed E-state index contributed by atoms with van der Waals surface area (Å²) in [5, 5.41) is 3.22. The van der Waals surface area contributed by atoms with Gasteiger partial charge in [0.25, 0.3) is 0 Å². The third-order valence-electron chi connectivity index (χ3n) is 5.30. The molecule has 1 aromatic rings. The van der Waals surface area contributed by atoms with Gasteiger partial charge in [0.1, 0.15) is 6.10 Å². The first-order valence-corrected chi connectivity index (χ1v) is 10.4. The van der Waals surface area contributed by atoms with Crippen LogP contribution >= 0.6 is 0 Å². The van der Waals surface area contributed by atoms with Crippen LogP contribution in [-0.2, 0) is 14.2 Å². The topological polar surface area (TPSA) is 65.7 Å². The first-order chi connectivity index (χ1) is 13.8. The van der Waals surface area contributed by atoms with Crippen LogP contribution in [0.25, 0.3) is 0 Å². The van der Waals surface area contributed by atoms with Crippen LogP contribution < -0.4 is 11.1 Å². The maximum Gasteiger partial charge on any atom is 0.174 e. The Bertz CT molecular complexity index is 805. The molecule has 2 fully saturated rings. The van der Waals surface area contributed by atoms with E-state index in [1.54, 1.807) is 13.3 Å². The highest BCUT2D eigenvalue weighted by Gasteiger charge is 2.28.